The number of nitrogens with two attached hydrogens (primary N) is 1. The summed E-state index contributed by atoms with van der Waals surface area (Å²) in [5, 5.41) is 2.62. The van der Waals surface area contributed by atoms with Crippen LogP contribution in [0.25, 0.3) is 0 Å². The molecule has 0 aliphatic rings. The first kappa shape index (κ1) is 15.5. The van der Waals surface area contributed by atoms with Gasteiger partial charge in [-0.1, -0.05) is 11.8 Å². The first-order valence-electron chi connectivity index (χ1n) is 6.23. The normalized spacial score (nSPS) is 10.5. The van der Waals surface area contributed by atoms with Gasteiger partial charge < -0.3 is 11.1 Å². The summed E-state index contributed by atoms with van der Waals surface area (Å²) in [6.45, 7) is 1.50. The molecule has 2 aromatic carbocycles. The highest BCUT2D eigenvalue weighted by atomic mass is 32.2. The first-order chi connectivity index (χ1) is 9.99. The Bertz CT molecular complexity index is 636. The summed E-state index contributed by atoms with van der Waals surface area (Å²) in [6, 6.07) is 9.19. The van der Waals surface area contributed by atoms with E-state index in [1.165, 1.54) is 19.1 Å². The zero-order valence-corrected chi connectivity index (χ0v) is 12.1. The highest BCUT2D eigenvalue weighted by Crippen LogP contribution is 2.33. The number of rotatable bonds is 4. The molecule has 0 heterocycles. The minimum absolute atomic E-state index is 0.0699. The molecule has 110 valence electrons. The predicted octanol–water partition coefficient (Wildman–Crippen LogP) is 3.53. The van der Waals surface area contributed by atoms with Crippen molar-refractivity contribution in [2.75, 3.05) is 5.32 Å². The summed E-state index contributed by atoms with van der Waals surface area (Å²) >= 11 is 0.984. The van der Waals surface area contributed by atoms with Gasteiger partial charge in [-0.2, -0.15) is 0 Å². The average Bonchev–Trinajstić information content (AvgIpc) is 2.43. The van der Waals surface area contributed by atoms with Crippen LogP contribution in [-0.2, 0) is 11.3 Å². The smallest absolute Gasteiger partial charge is 0.221 e. The Morgan fingerprint density at radius 3 is 2.24 bits per heavy atom. The number of carbonyl (C=O) groups excluding carboxylic acids is 1. The summed E-state index contributed by atoms with van der Waals surface area (Å²) in [6.07, 6.45) is 0. The lowest BCUT2D eigenvalue weighted by molar-refractivity contribution is -0.114. The standard InChI is InChI=1S/C15H14F2N2OS/c1-9(20)19-11-2-4-12(5-3-11)21-15-13(16)6-10(8-18)7-14(15)17/h2-7H,8,18H2,1H3,(H,19,20). The fraction of sp³-hybridized carbons (Fsp3) is 0.133. The quantitative estimate of drug-likeness (QED) is 0.908. The van der Waals surface area contributed by atoms with E-state index in [-0.39, 0.29) is 17.3 Å². The van der Waals surface area contributed by atoms with Gasteiger partial charge in [-0.25, -0.2) is 8.78 Å². The lowest BCUT2D eigenvalue weighted by Gasteiger charge is -2.08. The van der Waals surface area contributed by atoms with Gasteiger partial charge in [0.2, 0.25) is 5.91 Å². The molecule has 1 amide bonds. The van der Waals surface area contributed by atoms with Crippen LogP contribution in [0.3, 0.4) is 0 Å². The van der Waals surface area contributed by atoms with Crippen molar-refractivity contribution in [2.24, 2.45) is 5.73 Å². The Labute approximate surface area is 125 Å². The lowest BCUT2D eigenvalue weighted by Crippen LogP contribution is -2.05. The van der Waals surface area contributed by atoms with E-state index >= 15 is 0 Å². The van der Waals surface area contributed by atoms with Gasteiger partial charge in [0.25, 0.3) is 0 Å². The Kier molecular flexibility index (Phi) is 4.93. The van der Waals surface area contributed by atoms with Gasteiger partial charge in [-0.15, -0.1) is 0 Å². The van der Waals surface area contributed by atoms with Crippen LogP contribution >= 0.6 is 11.8 Å². The highest BCUT2D eigenvalue weighted by molar-refractivity contribution is 7.99. The van der Waals surface area contributed by atoms with Crippen LogP contribution < -0.4 is 11.1 Å². The molecular formula is C15H14F2N2OS. The highest BCUT2D eigenvalue weighted by Gasteiger charge is 2.12. The maximum atomic E-state index is 13.9. The van der Waals surface area contributed by atoms with Crippen LogP contribution in [0.5, 0.6) is 0 Å². The molecule has 3 N–H and O–H groups in total. The van der Waals surface area contributed by atoms with Gasteiger partial charge in [0.05, 0.1) is 4.90 Å². The molecule has 0 fully saturated rings. The lowest BCUT2D eigenvalue weighted by atomic mass is 10.2. The van der Waals surface area contributed by atoms with E-state index < -0.39 is 11.6 Å². The molecule has 0 saturated heterocycles. The minimum atomic E-state index is -0.633. The molecule has 0 radical (unpaired) electrons. The second-order valence-corrected chi connectivity index (χ2v) is 5.48. The molecule has 0 saturated carbocycles. The Morgan fingerprint density at radius 1 is 1.19 bits per heavy atom. The third kappa shape index (κ3) is 4.03. The van der Waals surface area contributed by atoms with Gasteiger partial charge in [0.15, 0.2) is 0 Å². The molecular weight excluding hydrogens is 294 g/mol. The monoisotopic (exact) mass is 308 g/mol. The number of amides is 1. The van der Waals surface area contributed by atoms with Crippen LogP contribution in [0, 0.1) is 11.6 Å². The van der Waals surface area contributed by atoms with Crippen LogP contribution in [0.15, 0.2) is 46.2 Å². The summed E-state index contributed by atoms with van der Waals surface area (Å²) in [5.41, 5.74) is 6.42. The maximum absolute atomic E-state index is 13.9. The molecule has 0 bridgehead atoms. The van der Waals surface area contributed by atoms with Gasteiger partial charge in [0.1, 0.15) is 11.6 Å². The fourth-order valence-corrected chi connectivity index (χ4v) is 2.58. The average molecular weight is 308 g/mol. The minimum Gasteiger partial charge on any atom is -0.326 e. The van der Waals surface area contributed by atoms with Gasteiger partial charge in [-0.3, -0.25) is 4.79 Å². The third-order valence-corrected chi connectivity index (χ3v) is 3.79. The summed E-state index contributed by atoms with van der Waals surface area (Å²) in [4.78, 5) is 11.5. The molecule has 0 aromatic heterocycles. The number of anilines is 1. The van der Waals surface area contributed by atoms with E-state index in [2.05, 4.69) is 5.32 Å². The third-order valence-electron chi connectivity index (χ3n) is 2.69. The number of benzene rings is 2. The molecule has 2 aromatic rings. The number of hydrogen-bond acceptors (Lipinski definition) is 3. The van der Waals surface area contributed by atoms with Crippen molar-refractivity contribution in [2.45, 2.75) is 23.3 Å². The second-order valence-electron chi connectivity index (χ2n) is 4.40. The second kappa shape index (κ2) is 6.69. The topological polar surface area (TPSA) is 55.1 Å². The van der Waals surface area contributed by atoms with Gasteiger partial charge in [-0.05, 0) is 42.0 Å². The molecule has 3 nitrogen and oxygen atoms in total. The number of hydrogen-bond donors (Lipinski definition) is 2. The Balaban J connectivity index is 2.20. The number of halogens is 2. The van der Waals surface area contributed by atoms with Crippen molar-refractivity contribution in [3.63, 3.8) is 0 Å². The van der Waals surface area contributed by atoms with Gasteiger partial charge in [0, 0.05) is 24.1 Å². The van der Waals surface area contributed by atoms with Gasteiger partial charge >= 0.3 is 0 Å². The SMILES string of the molecule is CC(=O)Nc1ccc(Sc2c(F)cc(CN)cc2F)cc1. The largest absolute Gasteiger partial charge is 0.326 e. The summed E-state index contributed by atoms with van der Waals surface area (Å²) in [7, 11) is 0. The molecule has 0 aliphatic carbocycles. The van der Waals surface area contributed by atoms with Crippen LogP contribution in [-0.4, -0.2) is 5.91 Å². The Morgan fingerprint density at radius 2 is 1.76 bits per heavy atom. The van der Waals surface area contributed by atoms with Crippen LogP contribution in [0.2, 0.25) is 0 Å². The molecule has 21 heavy (non-hydrogen) atoms. The molecule has 0 aliphatic heterocycles. The van der Waals surface area contributed by atoms with E-state index in [1.807, 2.05) is 0 Å². The van der Waals surface area contributed by atoms with E-state index in [1.54, 1.807) is 24.3 Å². The van der Waals surface area contributed by atoms with E-state index in [4.69, 9.17) is 5.73 Å². The predicted molar refractivity (Wildman–Crippen MR) is 79.1 cm³/mol. The zero-order valence-electron chi connectivity index (χ0n) is 11.3. The number of carbonyl (C=O) groups is 1. The summed E-state index contributed by atoms with van der Waals surface area (Å²) < 4.78 is 27.7. The number of nitrogens with one attached hydrogen (secondary N) is 1. The summed E-state index contributed by atoms with van der Waals surface area (Å²) in [5.74, 6) is -1.44. The molecule has 6 heteroatoms. The fourth-order valence-electron chi connectivity index (χ4n) is 1.76. The zero-order chi connectivity index (χ0) is 15.4. The molecule has 0 atom stereocenters. The van der Waals surface area contributed by atoms with Crippen molar-refractivity contribution >= 4 is 23.4 Å². The first-order valence-corrected chi connectivity index (χ1v) is 7.04. The van der Waals surface area contributed by atoms with Crippen molar-refractivity contribution in [3.05, 3.63) is 53.6 Å². The van der Waals surface area contributed by atoms with Crippen molar-refractivity contribution < 1.29 is 13.6 Å². The molecule has 0 unspecified atom stereocenters. The van der Waals surface area contributed by atoms with Crippen molar-refractivity contribution in [3.8, 4) is 0 Å². The van der Waals surface area contributed by atoms with Crippen LogP contribution in [0.1, 0.15) is 12.5 Å². The van der Waals surface area contributed by atoms with E-state index in [0.717, 1.165) is 11.8 Å². The van der Waals surface area contributed by atoms with Crippen molar-refractivity contribution in [1.82, 2.24) is 0 Å². The van der Waals surface area contributed by atoms with E-state index in [9.17, 15) is 13.6 Å². The Hall–Kier alpha value is -1.92. The van der Waals surface area contributed by atoms with Crippen LogP contribution in [0.4, 0.5) is 14.5 Å². The van der Waals surface area contributed by atoms with E-state index in [0.29, 0.717) is 16.1 Å². The molecule has 2 rings (SSSR count). The maximum Gasteiger partial charge on any atom is 0.221 e. The molecule has 0 spiro atoms. The van der Waals surface area contributed by atoms with Crippen molar-refractivity contribution in [1.29, 1.82) is 0 Å².